The topological polar surface area (TPSA) is 70.7 Å². The van der Waals surface area contributed by atoms with Gasteiger partial charge in [0, 0.05) is 36.9 Å². The molecule has 1 aliphatic heterocycles. The van der Waals surface area contributed by atoms with Crippen LogP contribution >= 0.6 is 0 Å². The number of imidazole rings is 1. The van der Waals surface area contributed by atoms with Gasteiger partial charge in [0.1, 0.15) is 0 Å². The molecule has 7 heteroatoms. The summed E-state index contributed by atoms with van der Waals surface area (Å²) >= 11 is 0. The van der Waals surface area contributed by atoms with Crippen molar-refractivity contribution < 1.29 is 14.3 Å². The molecule has 0 bridgehead atoms. The zero-order valence-corrected chi connectivity index (χ0v) is 21.6. The number of rotatable bonds is 8. The Hall–Kier alpha value is -3.32. The van der Waals surface area contributed by atoms with Crippen LogP contribution in [0.5, 0.6) is 11.5 Å². The lowest BCUT2D eigenvalue weighted by Crippen LogP contribution is -2.42. The lowest BCUT2D eigenvalue weighted by atomic mass is 9.84. The molecule has 0 radical (unpaired) electrons. The number of hydrogen-bond donors (Lipinski definition) is 1. The summed E-state index contributed by atoms with van der Waals surface area (Å²) in [7, 11) is 3.34. The number of fused-ring (bicyclic) bond motifs is 1. The maximum absolute atomic E-state index is 12.9. The minimum atomic E-state index is -0.0118. The number of nitrogens with zero attached hydrogens (tertiary/aromatic N) is 3. The van der Waals surface area contributed by atoms with E-state index in [1.165, 1.54) is 11.1 Å². The van der Waals surface area contributed by atoms with Crippen molar-refractivity contribution >= 4 is 5.91 Å². The number of aromatic amines is 1. The highest BCUT2D eigenvalue weighted by Gasteiger charge is 2.35. The number of ether oxygens (including phenoxy) is 2. The summed E-state index contributed by atoms with van der Waals surface area (Å²) in [5, 5.41) is 0. The summed E-state index contributed by atoms with van der Waals surface area (Å²) in [5.41, 5.74) is 6.40. The molecule has 2 heterocycles. The molecule has 2 atom stereocenters. The van der Waals surface area contributed by atoms with E-state index in [-0.39, 0.29) is 18.0 Å². The summed E-state index contributed by atoms with van der Waals surface area (Å²) < 4.78 is 11.3. The number of amides is 1. The number of H-pyrrole nitrogens is 1. The van der Waals surface area contributed by atoms with Crippen molar-refractivity contribution in [3.05, 3.63) is 76.4 Å². The van der Waals surface area contributed by atoms with Gasteiger partial charge in [0.2, 0.25) is 0 Å². The second-order valence-corrected chi connectivity index (χ2v) is 9.11. The fraction of sp³-hybridized carbons (Fsp3) is 0.429. The standard InChI is InChI=1S/C28H36N4O3/c1-7-31(8-2)28(33)21-11-9-20(10-12-21)27-23-15-26(35-6)25(34-5)14-22(23)13-18(3)32(27)16-24-19(4)29-17-30-24/h9-12,14-15,17-18,27H,7-8,13,16H2,1-6H3,(H,29,30). The third-order valence-electron chi connectivity index (χ3n) is 7.14. The van der Waals surface area contributed by atoms with Gasteiger partial charge >= 0.3 is 0 Å². The average molecular weight is 477 g/mol. The molecule has 1 N–H and O–H groups in total. The Morgan fingerprint density at radius 1 is 1.11 bits per heavy atom. The molecule has 35 heavy (non-hydrogen) atoms. The number of methoxy groups -OCH3 is 2. The van der Waals surface area contributed by atoms with Crippen LogP contribution in [0.3, 0.4) is 0 Å². The van der Waals surface area contributed by atoms with Gasteiger partial charge in [0.05, 0.1) is 32.3 Å². The molecule has 0 aliphatic carbocycles. The van der Waals surface area contributed by atoms with Gasteiger partial charge in [-0.1, -0.05) is 12.1 Å². The number of aryl methyl sites for hydroxylation is 1. The van der Waals surface area contributed by atoms with E-state index in [0.29, 0.717) is 18.7 Å². The van der Waals surface area contributed by atoms with Crippen molar-refractivity contribution in [2.24, 2.45) is 0 Å². The number of benzene rings is 2. The van der Waals surface area contributed by atoms with Gasteiger partial charge in [-0.15, -0.1) is 0 Å². The SMILES string of the molecule is CCN(CC)C(=O)c1ccc(C2c3cc(OC)c(OC)cc3CC(C)N2Cc2nc[nH]c2C)cc1. The van der Waals surface area contributed by atoms with Gasteiger partial charge in [0.25, 0.3) is 5.91 Å². The minimum absolute atomic E-state index is 0.0118. The van der Waals surface area contributed by atoms with Gasteiger partial charge < -0.3 is 19.4 Å². The van der Waals surface area contributed by atoms with E-state index in [1.54, 1.807) is 20.5 Å². The number of hydrogen-bond acceptors (Lipinski definition) is 5. The van der Waals surface area contributed by atoms with E-state index >= 15 is 0 Å². The molecule has 7 nitrogen and oxygen atoms in total. The lowest BCUT2D eigenvalue weighted by molar-refractivity contribution is 0.0773. The van der Waals surface area contributed by atoms with E-state index in [1.807, 2.05) is 30.9 Å². The second kappa shape index (κ2) is 10.5. The highest BCUT2D eigenvalue weighted by molar-refractivity contribution is 5.94. The average Bonchev–Trinajstić information content (AvgIpc) is 3.28. The second-order valence-electron chi connectivity index (χ2n) is 9.11. The Morgan fingerprint density at radius 3 is 2.34 bits per heavy atom. The molecule has 0 fully saturated rings. The first-order chi connectivity index (χ1) is 16.9. The van der Waals surface area contributed by atoms with Gasteiger partial charge in [-0.25, -0.2) is 4.98 Å². The van der Waals surface area contributed by atoms with Gasteiger partial charge in [0.15, 0.2) is 11.5 Å². The van der Waals surface area contributed by atoms with Crippen LogP contribution in [0.1, 0.15) is 65.2 Å². The molecule has 1 aliphatic rings. The molecule has 1 amide bonds. The van der Waals surface area contributed by atoms with Crippen LogP contribution in [0, 0.1) is 6.92 Å². The zero-order chi connectivity index (χ0) is 25.1. The van der Waals surface area contributed by atoms with Crippen molar-refractivity contribution in [2.75, 3.05) is 27.3 Å². The first-order valence-electron chi connectivity index (χ1n) is 12.3. The highest BCUT2D eigenvalue weighted by atomic mass is 16.5. The van der Waals surface area contributed by atoms with Gasteiger partial charge in [-0.3, -0.25) is 9.69 Å². The summed E-state index contributed by atoms with van der Waals surface area (Å²) in [6, 6.07) is 12.5. The molecule has 0 saturated carbocycles. The van der Waals surface area contributed by atoms with Gasteiger partial charge in [-0.2, -0.15) is 0 Å². The van der Waals surface area contributed by atoms with E-state index in [0.717, 1.165) is 41.4 Å². The molecular weight excluding hydrogens is 440 g/mol. The molecule has 1 aromatic heterocycles. The molecule has 0 spiro atoms. The molecule has 2 aromatic carbocycles. The first-order valence-corrected chi connectivity index (χ1v) is 12.3. The molecule has 186 valence electrons. The Kier molecular flexibility index (Phi) is 7.45. The van der Waals surface area contributed by atoms with Crippen LogP contribution in [0.25, 0.3) is 0 Å². The monoisotopic (exact) mass is 476 g/mol. The van der Waals surface area contributed by atoms with Crippen molar-refractivity contribution in [3.8, 4) is 11.5 Å². The van der Waals surface area contributed by atoms with Crippen molar-refractivity contribution in [3.63, 3.8) is 0 Å². The molecular formula is C28H36N4O3. The van der Waals surface area contributed by atoms with E-state index in [9.17, 15) is 4.79 Å². The molecule has 4 rings (SSSR count). The Balaban J connectivity index is 1.79. The zero-order valence-electron chi connectivity index (χ0n) is 21.6. The summed E-state index contributed by atoms with van der Waals surface area (Å²) in [6.45, 7) is 10.4. The molecule has 2 unspecified atom stereocenters. The van der Waals surface area contributed by atoms with Crippen molar-refractivity contribution in [1.82, 2.24) is 19.8 Å². The fourth-order valence-corrected chi connectivity index (χ4v) is 5.08. The summed E-state index contributed by atoms with van der Waals surface area (Å²) in [4.78, 5) is 25.0. The predicted octanol–water partition coefficient (Wildman–Crippen LogP) is 4.75. The van der Waals surface area contributed by atoms with Crippen molar-refractivity contribution in [2.45, 2.75) is 52.7 Å². The lowest BCUT2D eigenvalue weighted by Gasteiger charge is -2.42. The van der Waals surface area contributed by atoms with Crippen molar-refractivity contribution in [1.29, 1.82) is 0 Å². The summed E-state index contributed by atoms with van der Waals surface area (Å²) in [6.07, 6.45) is 2.65. The Morgan fingerprint density at radius 2 is 1.77 bits per heavy atom. The van der Waals surface area contributed by atoms with E-state index in [4.69, 9.17) is 9.47 Å². The smallest absolute Gasteiger partial charge is 0.253 e. The molecule has 0 saturated heterocycles. The Labute approximate surface area is 208 Å². The molecule has 3 aromatic rings. The summed E-state index contributed by atoms with van der Waals surface area (Å²) in [5.74, 6) is 1.53. The maximum Gasteiger partial charge on any atom is 0.253 e. The van der Waals surface area contributed by atoms with Gasteiger partial charge in [-0.05, 0) is 75.1 Å². The quantitative estimate of drug-likeness (QED) is 0.508. The number of nitrogens with one attached hydrogen (secondary N) is 1. The van der Waals surface area contributed by atoms with E-state index in [2.05, 4.69) is 53.0 Å². The van der Waals surface area contributed by atoms with Crippen LogP contribution in [-0.4, -0.2) is 59.0 Å². The largest absolute Gasteiger partial charge is 0.493 e. The van der Waals surface area contributed by atoms with Crippen LogP contribution in [0.15, 0.2) is 42.7 Å². The highest BCUT2D eigenvalue weighted by Crippen LogP contribution is 2.43. The van der Waals surface area contributed by atoms with Crippen LogP contribution in [0.2, 0.25) is 0 Å². The van der Waals surface area contributed by atoms with Crippen LogP contribution in [-0.2, 0) is 13.0 Å². The third-order valence-corrected chi connectivity index (χ3v) is 7.14. The normalized spacial score (nSPS) is 17.7. The Bertz CT molecular complexity index is 1170. The predicted molar refractivity (Wildman–Crippen MR) is 137 cm³/mol. The number of carbonyl (C=O) groups excluding carboxylic acids is 1. The maximum atomic E-state index is 12.9. The first kappa shape index (κ1) is 24.8. The third kappa shape index (κ3) is 4.78. The van der Waals surface area contributed by atoms with E-state index < -0.39 is 0 Å². The van der Waals surface area contributed by atoms with Crippen LogP contribution in [0.4, 0.5) is 0 Å². The minimum Gasteiger partial charge on any atom is -0.493 e. The fourth-order valence-electron chi connectivity index (χ4n) is 5.08. The van der Waals surface area contributed by atoms with Crippen LogP contribution < -0.4 is 9.47 Å². The number of aromatic nitrogens is 2. The number of carbonyl (C=O) groups is 1.